The Morgan fingerprint density at radius 3 is 2.77 bits per heavy atom. The Balaban J connectivity index is 1.08. The lowest BCUT2D eigenvalue weighted by molar-refractivity contribution is -0.115. The molecule has 40 heavy (non-hydrogen) atoms. The monoisotopic (exact) mass is 559 g/mol. The number of hydrogen-bond donors (Lipinski definition) is 2. The summed E-state index contributed by atoms with van der Waals surface area (Å²) in [6.07, 6.45) is 11.3. The van der Waals surface area contributed by atoms with Gasteiger partial charge < -0.3 is 10.1 Å². The molecule has 4 aliphatic rings. The Labute approximate surface area is 231 Å². The first-order valence-corrected chi connectivity index (χ1v) is 15.3. The molecule has 1 atom stereocenters. The van der Waals surface area contributed by atoms with E-state index in [9.17, 15) is 9.00 Å². The summed E-state index contributed by atoms with van der Waals surface area (Å²) in [5.74, 6) is 0.732. The van der Waals surface area contributed by atoms with Gasteiger partial charge in [0.25, 0.3) is 0 Å². The Morgan fingerprint density at radius 2 is 2.02 bits per heavy atom. The summed E-state index contributed by atoms with van der Waals surface area (Å²) in [6.45, 7) is 1.61. The lowest BCUT2D eigenvalue weighted by Crippen LogP contribution is -2.39. The minimum absolute atomic E-state index is 0.110. The molecule has 0 spiro atoms. The molecule has 1 amide bonds. The fraction of sp³-hybridized carbons (Fsp3) is 0.367. The minimum Gasteiger partial charge on any atom is -0.456 e. The number of fused-ring (bicyclic) bond motifs is 2. The summed E-state index contributed by atoms with van der Waals surface area (Å²) in [5, 5.41) is 7.84. The molecule has 206 valence electrons. The lowest BCUT2D eigenvalue weighted by Gasteiger charge is -2.38. The molecular formula is C30H30FN5O3S. The Bertz CT molecular complexity index is 1770. The zero-order valence-electron chi connectivity index (χ0n) is 22.2. The molecule has 0 saturated heterocycles. The zero-order chi connectivity index (χ0) is 27.6. The van der Waals surface area contributed by atoms with Crippen LogP contribution in [0.1, 0.15) is 49.7 Å². The van der Waals surface area contributed by atoms with Crippen LogP contribution in [0, 0.1) is 23.4 Å². The normalized spacial score (nSPS) is 23.0. The van der Waals surface area contributed by atoms with Crippen LogP contribution in [-0.2, 0) is 26.5 Å². The van der Waals surface area contributed by atoms with Crippen LogP contribution >= 0.6 is 0 Å². The van der Waals surface area contributed by atoms with Crippen LogP contribution in [0.15, 0.2) is 59.9 Å². The second-order valence-corrected chi connectivity index (χ2v) is 13.8. The van der Waals surface area contributed by atoms with Crippen molar-refractivity contribution < 1.29 is 18.1 Å². The molecule has 2 aromatic carbocycles. The van der Waals surface area contributed by atoms with E-state index in [1.54, 1.807) is 55.7 Å². The maximum atomic E-state index is 15.4. The topological polar surface area (TPSA) is 110 Å². The maximum Gasteiger partial charge on any atom is 0.228 e. The Kier molecular flexibility index (Phi) is 5.75. The summed E-state index contributed by atoms with van der Waals surface area (Å²) < 4.78 is 44.9. The van der Waals surface area contributed by atoms with E-state index in [0.717, 1.165) is 38.0 Å². The van der Waals surface area contributed by atoms with Crippen LogP contribution in [0.2, 0.25) is 0 Å². The third kappa shape index (κ3) is 4.25. The van der Waals surface area contributed by atoms with Gasteiger partial charge >= 0.3 is 0 Å². The standard InChI is InChI=1S/C30H30FN5O3S/c1-18-26(39-27-9-11-33-25-6-5-23(13-24(25)27)40(32,38)22-3-4-22)7-2-20(29(18)31)12-28(37)35-21-16-34-36(17-21)30-10-8-19(14-30)15-30/h2,5-7,9,11,13,16-17,19,22,32H,3-4,8,10,12,14-15H2,1H3,(H,35,37). The first-order chi connectivity index (χ1) is 19.2. The van der Waals surface area contributed by atoms with Crippen molar-refractivity contribution in [1.82, 2.24) is 14.8 Å². The highest BCUT2D eigenvalue weighted by Gasteiger charge is 2.52. The number of nitrogens with one attached hydrogen (secondary N) is 2. The van der Waals surface area contributed by atoms with E-state index in [4.69, 9.17) is 9.52 Å². The maximum absolute atomic E-state index is 15.4. The third-order valence-corrected chi connectivity index (χ3v) is 11.1. The van der Waals surface area contributed by atoms with Crippen molar-refractivity contribution in [3.8, 4) is 11.5 Å². The first kappa shape index (κ1) is 25.2. The van der Waals surface area contributed by atoms with Crippen molar-refractivity contribution in [2.24, 2.45) is 5.92 Å². The fourth-order valence-electron chi connectivity index (χ4n) is 6.28. The molecule has 0 radical (unpaired) electrons. The van der Waals surface area contributed by atoms with E-state index >= 15 is 4.39 Å². The number of hydrogen-bond acceptors (Lipinski definition) is 6. The van der Waals surface area contributed by atoms with Crippen LogP contribution in [-0.4, -0.2) is 30.1 Å². The lowest BCUT2D eigenvalue weighted by atomic mass is 9.77. The van der Waals surface area contributed by atoms with Crippen LogP contribution < -0.4 is 10.1 Å². The van der Waals surface area contributed by atoms with E-state index < -0.39 is 15.5 Å². The third-order valence-electron chi connectivity index (χ3n) is 8.71. The predicted molar refractivity (Wildman–Crippen MR) is 150 cm³/mol. The summed E-state index contributed by atoms with van der Waals surface area (Å²) in [4.78, 5) is 17.6. The number of halogens is 1. The molecule has 4 fully saturated rings. The zero-order valence-corrected chi connectivity index (χ0v) is 23.0. The van der Waals surface area contributed by atoms with E-state index in [0.29, 0.717) is 33.0 Å². The number of ether oxygens (including phenoxy) is 1. The van der Waals surface area contributed by atoms with Gasteiger partial charge in [0.2, 0.25) is 5.91 Å². The Hall–Kier alpha value is -3.79. The van der Waals surface area contributed by atoms with Gasteiger partial charge in [0.15, 0.2) is 0 Å². The quantitative estimate of drug-likeness (QED) is 0.263. The number of benzene rings is 2. The molecule has 4 aliphatic carbocycles. The van der Waals surface area contributed by atoms with Crippen molar-refractivity contribution in [3.63, 3.8) is 0 Å². The van der Waals surface area contributed by atoms with E-state index in [1.165, 1.54) is 6.42 Å². The highest BCUT2D eigenvalue weighted by atomic mass is 32.2. The van der Waals surface area contributed by atoms with Crippen LogP contribution in [0.3, 0.4) is 0 Å². The summed E-state index contributed by atoms with van der Waals surface area (Å²) in [6, 6.07) is 10.0. The van der Waals surface area contributed by atoms with Crippen LogP contribution in [0.4, 0.5) is 10.1 Å². The average Bonchev–Trinajstić information content (AvgIpc) is 3.34. The molecule has 0 aliphatic heterocycles. The molecular weight excluding hydrogens is 529 g/mol. The second kappa shape index (κ2) is 9.12. The minimum atomic E-state index is -2.89. The number of carbonyl (C=O) groups is 1. The summed E-state index contributed by atoms with van der Waals surface area (Å²) >= 11 is 0. The number of amides is 1. The summed E-state index contributed by atoms with van der Waals surface area (Å²) in [7, 11) is -2.89. The second-order valence-electron chi connectivity index (χ2n) is 11.5. The molecule has 2 aromatic heterocycles. The van der Waals surface area contributed by atoms with E-state index in [-0.39, 0.29) is 34.2 Å². The van der Waals surface area contributed by atoms with Gasteiger partial charge in [0.05, 0.1) is 39.1 Å². The van der Waals surface area contributed by atoms with Gasteiger partial charge in [-0.05, 0) is 87.3 Å². The van der Waals surface area contributed by atoms with Gasteiger partial charge in [-0.3, -0.25) is 14.5 Å². The molecule has 4 aromatic rings. The van der Waals surface area contributed by atoms with Crippen molar-refractivity contribution in [3.05, 3.63) is 71.9 Å². The van der Waals surface area contributed by atoms with Crippen LogP contribution in [0.25, 0.3) is 10.9 Å². The van der Waals surface area contributed by atoms with Crippen molar-refractivity contribution >= 4 is 32.2 Å². The van der Waals surface area contributed by atoms with Crippen molar-refractivity contribution in [1.29, 1.82) is 4.78 Å². The molecule has 8 rings (SSSR count). The largest absolute Gasteiger partial charge is 0.456 e. The first-order valence-electron chi connectivity index (χ1n) is 13.7. The number of aromatic nitrogens is 3. The number of anilines is 1. The number of carbonyl (C=O) groups excluding carboxylic acids is 1. The van der Waals surface area contributed by atoms with E-state index in [2.05, 4.69) is 15.4 Å². The molecule has 2 N–H and O–H groups in total. The average molecular weight is 560 g/mol. The van der Waals surface area contributed by atoms with Crippen molar-refractivity contribution in [2.45, 2.75) is 67.6 Å². The molecule has 8 nitrogen and oxygen atoms in total. The molecule has 4 saturated carbocycles. The fourth-order valence-corrected chi connectivity index (χ4v) is 8.03. The smallest absolute Gasteiger partial charge is 0.228 e. The van der Waals surface area contributed by atoms with Crippen molar-refractivity contribution in [2.75, 3.05) is 5.32 Å². The SMILES string of the molecule is Cc1c(Oc2ccnc3ccc(S(=N)(=O)C4CC4)cc23)ccc(CC(=O)Nc2cnn(C34CCC(C3)C4)c2)c1F. The number of pyridine rings is 1. The number of rotatable bonds is 8. The predicted octanol–water partition coefficient (Wildman–Crippen LogP) is 6.32. The van der Waals surface area contributed by atoms with Gasteiger partial charge in [-0.25, -0.2) is 13.4 Å². The molecule has 2 heterocycles. The Morgan fingerprint density at radius 1 is 1.20 bits per heavy atom. The summed E-state index contributed by atoms with van der Waals surface area (Å²) in [5.41, 5.74) is 1.92. The molecule has 1 unspecified atom stereocenters. The van der Waals surface area contributed by atoms with Gasteiger partial charge in [0.1, 0.15) is 17.3 Å². The van der Waals surface area contributed by atoms with Crippen LogP contribution in [0.5, 0.6) is 11.5 Å². The van der Waals surface area contributed by atoms with Gasteiger partial charge in [-0.2, -0.15) is 5.10 Å². The van der Waals surface area contributed by atoms with Gasteiger partial charge in [-0.15, -0.1) is 0 Å². The highest BCUT2D eigenvalue weighted by molar-refractivity contribution is 7.93. The van der Waals surface area contributed by atoms with Gasteiger partial charge in [-0.1, -0.05) is 6.07 Å². The highest BCUT2D eigenvalue weighted by Crippen LogP contribution is 2.56. The number of nitrogens with zero attached hydrogens (tertiary/aromatic N) is 3. The molecule has 10 heteroatoms. The van der Waals surface area contributed by atoms with Gasteiger partial charge in [0, 0.05) is 33.5 Å². The molecule has 2 bridgehead atoms. The van der Waals surface area contributed by atoms with E-state index in [1.807, 2.05) is 10.9 Å².